The van der Waals surface area contributed by atoms with Crippen molar-refractivity contribution in [2.75, 3.05) is 19.7 Å². The fourth-order valence-corrected chi connectivity index (χ4v) is 7.05. The molecule has 2 aromatic rings. The molecule has 1 amide bonds. The monoisotopic (exact) mass is 496 g/mol. The van der Waals surface area contributed by atoms with Crippen LogP contribution < -0.4 is 9.46 Å². The summed E-state index contributed by atoms with van der Waals surface area (Å²) in [5.74, 6) is 0.858. The third-order valence-electron chi connectivity index (χ3n) is 8.08. The van der Waals surface area contributed by atoms with E-state index < -0.39 is 21.2 Å². The lowest BCUT2D eigenvalue weighted by Gasteiger charge is -2.39. The minimum atomic E-state index is -3.53. The molecule has 188 valence electrons. The number of rotatable bonds is 9. The van der Waals surface area contributed by atoms with Gasteiger partial charge in [-0.05, 0) is 106 Å². The molecule has 2 aromatic carbocycles. The van der Waals surface area contributed by atoms with Gasteiger partial charge in [-0.1, -0.05) is 30.3 Å². The van der Waals surface area contributed by atoms with Crippen molar-refractivity contribution in [1.82, 2.24) is 9.62 Å². The number of likely N-dealkylation sites (tertiary alicyclic amines) is 1. The van der Waals surface area contributed by atoms with Crippen molar-refractivity contribution in [3.63, 3.8) is 0 Å². The van der Waals surface area contributed by atoms with E-state index in [0.717, 1.165) is 13.0 Å². The maximum atomic E-state index is 12.2. The third kappa shape index (κ3) is 6.25. The number of carbonyl (C=O) groups is 1. The maximum Gasteiger partial charge on any atom is 0.264 e. The van der Waals surface area contributed by atoms with E-state index in [-0.39, 0.29) is 0 Å². The van der Waals surface area contributed by atoms with Crippen LogP contribution >= 0.6 is 0 Å². The SMILES string of the molecule is O=C(NS(=O)(=O)C1CC1)c1ccc(OCCC2CCC3(CCN(Cc4ccccc4)CC3)C2)cc1. The normalized spacial score (nSPS) is 22.2. The summed E-state index contributed by atoms with van der Waals surface area (Å²) in [6.45, 7) is 4.12. The largest absolute Gasteiger partial charge is 0.494 e. The second-order valence-corrected chi connectivity index (χ2v) is 12.7. The highest BCUT2D eigenvalue weighted by atomic mass is 32.2. The molecule has 0 radical (unpaired) electrons. The zero-order valence-corrected chi connectivity index (χ0v) is 21.1. The summed E-state index contributed by atoms with van der Waals surface area (Å²) >= 11 is 0. The first-order valence-electron chi connectivity index (χ1n) is 13.0. The highest BCUT2D eigenvalue weighted by molar-refractivity contribution is 7.91. The molecule has 1 unspecified atom stereocenters. The summed E-state index contributed by atoms with van der Waals surface area (Å²) in [5, 5.41) is -0.411. The Morgan fingerprint density at radius 3 is 2.37 bits per heavy atom. The zero-order valence-electron chi connectivity index (χ0n) is 20.3. The van der Waals surface area contributed by atoms with Crippen molar-refractivity contribution in [1.29, 1.82) is 0 Å². The van der Waals surface area contributed by atoms with E-state index in [2.05, 4.69) is 40.0 Å². The van der Waals surface area contributed by atoms with Crippen LogP contribution in [0.2, 0.25) is 0 Å². The number of amides is 1. The smallest absolute Gasteiger partial charge is 0.264 e. The second kappa shape index (κ2) is 10.3. The number of carbonyl (C=O) groups excluding carboxylic acids is 1. The fraction of sp³-hybridized carbons (Fsp3) is 0.536. The number of sulfonamides is 1. The Kier molecular flexibility index (Phi) is 7.17. The Labute approximate surface area is 209 Å². The first kappa shape index (κ1) is 24.3. The second-order valence-electron chi connectivity index (χ2n) is 10.7. The minimum Gasteiger partial charge on any atom is -0.494 e. The minimum absolute atomic E-state index is 0.331. The summed E-state index contributed by atoms with van der Waals surface area (Å²) < 4.78 is 32.0. The molecular weight excluding hydrogens is 460 g/mol. The Morgan fingerprint density at radius 1 is 0.971 bits per heavy atom. The number of nitrogens with one attached hydrogen (secondary N) is 1. The van der Waals surface area contributed by atoms with Crippen molar-refractivity contribution in [2.45, 2.75) is 63.2 Å². The van der Waals surface area contributed by atoms with Gasteiger partial charge in [0.05, 0.1) is 11.9 Å². The predicted molar refractivity (Wildman–Crippen MR) is 137 cm³/mol. The van der Waals surface area contributed by atoms with Crippen molar-refractivity contribution >= 4 is 15.9 Å². The van der Waals surface area contributed by atoms with Crippen LogP contribution in [0.3, 0.4) is 0 Å². The lowest BCUT2D eigenvalue weighted by molar-refractivity contribution is 0.0981. The molecule has 3 fully saturated rings. The van der Waals surface area contributed by atoms with Gasteiger partial charge >= 0.3 is 0 Å². The predicted octanol–water partition coefficient (Wildman–Crippen LogP) is 4.76. The molecule has 7 heteroatoms. The van der Waals surface area contributed by atoms with Crippen molar-refractivity contribution in [3.8, 4) is 5.75 Å². The summed E-state index contributed by atoms with van der Waals surface area (Å²) in [7, 11) is -3.53. The summed E-state index contributed by atoms with van der Waals surface area (Å²) in [5.41, 5.74) is 2.26. The molecule has 1 heterocycles. The average Bonchev–Trinajstić information content (AvgIpc) is 3.66. The van der Waals surface area contributed by atoms with Crippen LogP contribution in [0.1, 0.15) is 67.3 Å². The van der Waals surface area contributed by atoms with Crippen molar-refractivity contribution in [3.05, 3.63) is 65.7 Å². The number of piperidine rings is 1. The van der Waals surface area contributed by atoms with Gasteiger partial charge < -0.3 is 4.74 Å². The molecule has 2 aliphatic carbocycles. The molecule has 35 heavy (non-hydrogen) atoms. The topological polar surface area (TPSA) is 75.7 Å². The summed E-state index contributed by atoms with van der Waals surface area (Å²) in [6.07, 6.45) is 8.85. The molecular formula is C28H36N2O4S. The zero-order chi connectivity index (χ0) is 24.3. The van der Waals surface area contributed by atoms with Crippen LogP contribution in [-0.4, -0.2) is 44.2 Å². The van der Waals surface area contributed by atoms with Crippen LogP contribution in [0.15, 0.2) is 54.6 Å². The molecule has 0 bridgehead atoms. The van der Waals surface area contributed by atoms with E-state index in [0.29, 0.717) is 42.1 Å². The van der Waals surface area contributed by atoms with Gasteiger partial charge in [-0.2, -0.15) is 0 Å². The quantitative estimate of drug-likeness (QED) is 0.542. The van der Waals surface area contributed by atoms with Crippen LogP contribution in [0.5, 0.6) is 5.75 Å². The highest BCUT2D eigenvalue weighted by Crippen LogP contribution is 2.49. The summed E-state index contributed by atoms with van der Waals surface area (Å²) in [4.78, 5) is 14.8. The Hall–Kier alpha value is -2.38. The molecule has 1 spiro atoms. The molecule has 1 N–H and O–H groups in total. The number of hydrogen-bond acceptors (Lipinski definition) is 5. The van der Waals surface area contributed by atoms with E-state index in [1.165, 1.54) is 50.8 Å². The van der Waals surface area contributed by atoms with Crippen LogP contribution in [0, 0.1) is 11.3 Å². The van der Waals surface area contributed by atoms with Gasteiger partial charge in [-0.25, -0.2) is 13.1 Å². The number of nitrogens with zero attached hydrogens (tertiary/aromatic N) is 1. The van der Waals surface area contributed by atoms with Gasteiger partial charge in [0, 0.05) is 12.1 Å². The molecule has 3 aliphatic rings. The van der Waals surface area contributed by atoms with E-state index in [4.69, 9.17) is 4.74 Å². The molecule has 6 nitrogen and oxygen atoms in total. The van der Waals surface area contributed by atoms with Gasteiger partial charge in [-0.3, -0.25) is 9.69 Å². The third-order valence-corrected chi connectivity index (χ3v) is 9.90. The van der Waals surface area contributed by atoms with Crippen LogP contribution in [0.25, 0.3) is 0 Å². The first-order valence-corrected chi connectivity index (χ1v) is 14.5. The molecule has 0 aromatic heterocycles. The first-order chi connectivity index (χ1) is 16.9. The highest BCUT2D eigenvalue weighted by Gasteiger charge is 2.41. The van der Waals surface area contributed by atoms with Crippen molar-refractivity contribution in [2.24, 2.45) is 11.3 Å². The molecule has 1 saturated heterocycles. The maximum absolute atomic E-state index is 12.2. The Balaban J connectivity index is 1.03. The summed E-state index contributed by atoms with van der Waals surface area (Å²) in [6, 6.07) is 17.5. The van der Waals surface area contributed by atoms with E-state index in [1.54, 1.807) is 24.3 Å². The lowest BCUT2D eigenvalue weighted by Crippen LogP contribution is -2.38. The van der Waals surface area contributed by atoms with E-state index in [1.807, 2.05) is 0 Å². The van der Waals surface area contributed by atoms with Gasteiger partial charge in [0.1, 0.15) is 5.75 Å². The van der Waals surface area contributed by atoms with Crippen LogP contribution in [0.4, 0.5) is 0 Å². The van der Waals surface area contributed by atoms with Crippen LogP contribution in [-0.2, 0) is 16.6 Å². The fourth-order valence-electron chi connectivity index (χ4n) is 5.75. The van der Waals surface area contributed by atoms with E-state index >= 15 is 0 Å². The number of ether oxygens (including phenoxy) is 1. The van der Waals surface area contributed by atoms with Gasteiger partial charge in [-0.15, -0.1) is 0 Å². The van der Waals surface area contributed by atoms with Gasteiger partial charge in [0.25, 0.3) is 5.91 Å². The Bertz CT molecular complexity index is 1110. The van der Waals surface area contributed by atoms with Gasteiger partial charge in [0.15, 0.2) is 0 Å². The lowest BCUT2D eigenvalue weighted by atomic mass is 9.76. The molecule has 1 atom stereocenters. The number of benzene rings is 2. The Morgan fingerprint density at radius 2 is 1.69 bits per heavy atom. The van der Waals surface area contributed by atoms with Crippen molar-refractivity contribution < 1.29 is 17.9 Å². The standard InChI is InChI=1S/C28H36N2O4S/c31-27(29-35(32,33)26-10-11-26)24-6-8-25(9-7-24)34-19-13-22-12-14-28(20-22)15-17-30(18-16-28)21-23-4-2-1-3-5-23/h1-9,22,26H,10-21H2,(H,29,31). The average molecular weight is 497 g/mol. The van der Waals surface area contributed by atoms with E-state index in [9.17, 15) is 13.2 Å². The molecule has 2 saturated carbocycles. The van der Waals surface area contributed by atoms with Gasteiger partial charge in [0.2, 0.25) is 10.0 Å². The number of hydrogen-bond donors (Lipinski definition) is 1. The molecule has 5 rings (SSSR count). The molecule has 1 aliphatic heterocycles.